The van der Waals surface area contributed by atoms with Gasteiger partial charge in [-0.1, -0.05) is 12.1 Å². The Morgan fingerprint density at radius 2 is 2.04 bits per heavy atom. The van der Waals surface area contributed by atoms with Gasteiger partial charge in [0.2, 0.25) is 5.91 Å². The Kier molecular flexibility index (Phi) is 4.58. The largest absolute Gasteiger partial charge is 0.496 e. The first kappa shape index (κ1) is 17.0. The van der Waals surface area contributed by atoms with E-state index in [2.05, 4.69) is 41.7 Å². The van der Waals surface area contributed by atoms with Crippen molar-refractivity contribution in [3.63, 3.8) is 0 Å². The van der Waals surface area contributed by atoms with E-state index < -0.39 is 0 Å². The molecular weight excluding hydrogens is 324 g/mol. The van der Waals surface area contributed by atoms with Crippen LogP contribution in [0.4, 0.5) is 11.4 Å². The molecule has 0 aromatic heterocycles. The first-order valence-corrected chi connectivity index (χ1v) is 9.54. The highest BCUT2D eigenvalue weighted by Crippen LogP contribution is 2.33. The number of hydrogen-bond acceptors (Lipinski definition) is 3. The first-order valence-electron chi connectivity index (χ1n) is 9.54. The summed E-state index contributed by atoms with van der Waals surface area (Å²) in [5.41, 5.74) is 6.25. The Morgan fingerprint density at radius 1 is 1.15 bits per heavy atom. The SMILES string of the molecule is CCN1C(=O)CCc2cc(NC3CCc4c(cccc4OC)C3)ccc21. The number of nitrogens with one attached hydrogen (secondary N) is 1. The van der Waals surface area contributed by atoms with Crippen molar-refractivity contribution in [1.82, 2.24) is 0 Å². The van der Waals surface area contributed by atoms with Gasteiger partial charge in [-0.15, -0.1) is 0 Å². The summed E-state index contributed by atoms with van der Waals surface area (Å²) in [6, 6.07) is 13.2. The van der Waals surface area contributed by atoms with E-state index in [4.69, 9.17) is 4.74 Å². The maximum atomic E-state index is 12.1. The molecule has 1 N–H and O–H groups in total. The van der Waals surface area contributed by atoms with Gasteiger partial charge in [-0.25, -0.2) is 0 Å². The number of fused-ring (bicyclic) bond motifs is 2. The second-order valence-corrected chi connectivity index (χ2v) is 7.16. The highest BCUT2D eigenvalue weighted by Gasteiger charge is 2.24. The lowest BCUT2D eigenvalue weighted by atomic mass is 9.87. The first-order chi connectivity index (χ1) is 12.7. The van der Waals surface area contributed by atoms with Crippen LogP contribution in [0.2, 0.25) is 0 Å². The number of amides is 1. The van der Waals surface area contributed by atoms with Gasteiger partial charge in [-0.05, 0) is 73.6 Å². The minimum absolute atomic E-state index is 0.235. The van der Waals surface area contributed by atoms with Gasteiger partial charge >= 0.3 is 0 Å². The van der Waals surface area contributed by atoms with E-state index >= 15 is 0 Å². The molecule has 136 valence electrons. The summed E-state index contributed by atoms with van der Waals surface area (Å²) in [5, 5.41) is 3.71. The summed E-state index contributed by atoms with van der Waals surface area (Å²) in [4.78, 5) is 14.0. The average molecular weight is 350 g/mol. The zero-order chi connectivity index (χ0) is 18.1. The molecule has 26 heavy (non-hydrogen) atoms. The number of methoxy groups -OCH3 is 1. The smallest absolute Gasteiger partial charge is 0.227 e. The van der Waals surface area contributed by atoms with Crippen molar-refractivity contribution >= 4 is 17.3 Å². The molecule has 4 nitrogen and oxygen atoms in total. The monoisotopic (exact) mass is 350 g/mol. The fraction of sp³-hybridized carbons (Fsp3) is 0.409. The standard InChI is InChI=1S/C22H26N2O2/c1-3-24-20-11-9-18(14-16(20)7-12-22(24)25)23-17-8-10-19-15(13-17)5-4-6-21(19)26-2/h4-6,9,11,14,17,23H,3,7-8,10,12-13H2,1-2H3. The van der Waals surface area contributed by atoms with E-state index in [0.717, 1.165) is 49.4 Å². The molecular formula is C22H26N2O2. The average Bonchev–Trinajstić information content (AvgIpc) is 2.67. The molecule has 1 amide bonds. The van der Waals surface area contributed by atoms with Gasteiger partial charge in [0.05, 0.1) is 7.11 Å². The molecule has 1 unspecified atom stereocenters. The van der Waals surface area contributed by atoms with E-state index in [1.807, 2.05) is 11.8 Å². The van der Waals surface area contributed by atoms with E-state index in [9.17, 15) is 4.79 Å². The molecule has 1 aliphatic carbocycles. The Labute approximate surface area is 155 Å². The molecule has 0 bridgehead atoms. The second-order valence-electron chi connectivity index (χ2n) is 7.16. The summed E-state index contributed by atoms with van der Waals surface area (Å²) >= 11 is 0. The van der Waals surface area contributed by atoms with Gasteiger partial charge < -0.3 is 15.0 Å². The number of aryl methyl sites for hydroxylation is 1. The van der Waals surface area contributed by atoms with Gasteiger partial charge in [0, 0.05) is 30.4 Å². The molecule has 2 aromatic rings. The summed E-state index contributed by atoms with van der Waals surface area (Å²) in [5.74, 6) is 1.25. The normalized spacial score (nSPS) is 18.9. The Morgan fingerprint density at radius 3 is 2.85 bits per heavy atom. The quantitative estimate of drug-likeness (QED) is 0.907. The van der Waals surface area contributed by atoms with Crippen molar-refractivity contribution in [2.75, 3.05) is 23.9 Å². The number of ether oxygens (including phenoxy) is 1. The van der Waals surface area contributed by atoms with E-state index in [0.29, 0.717) is 12.5 Å². The molecule has 0 spiro atoms. The predicted molar refractivity (Wildman–Crippen MR) is 105 cm³/mol. The second kappa shape index (κ2) is 7.02. The van der Waals surface area contributed by atoms with Gasteiger partial charge in [0.25, 0.3) is 0 Å². The van der Waals surface area contributed by atoms with Crippen LogP contribution < -0.4 is 15.0 Å². The zero-order valence-electron chi connectivity index (χ0n) is 15.5. The lowest BCUT2D eigenvalue weighted by Crippen LogP contribution is -2.35. The zero-order valence-corrected chi connectivity index (χ0v) is 15.5. The third kappa shape index (κ3) is 3.05. The van der Waals surface area contributed by atoms with E-state index in [-0.39, 0.29) is 5.91 Å². The lowest BCUT2D eigenvalue weighted by molar-refractivity contribution is -0.118. The van der Waals surface area contributed by atoms with Crippen LogP contribution in [-0.4, -0.2) is 25.6 Å². The predicted octanol–water partition coefficient (Wildman–Crippen LogP) is 3.96. The van der Waals surface area contributed by atoms with Crippen LogP contribution in [0.15, 0.2) is 36.4 Å². The fourth-order valence-corrected chi connectivity index (χ4v) is 4.32. The number of carbonyl (C=O) groups excluding carboxylic acids is 1. The number of anilines is 2. The van der Waals surface area contributed by atoms with E-state index in [1.54, 1.807) is 7.11 Å². The number of rotatable bonds is 4. The summed E-state index contributed by atoms with van der Waals surface area (Å²) in [6.45, 7) is 2.77. The summed E-state index contributed by atoms with van der Waals surface area (Å²) in [6.07, 6.45) is 4.61. The van der Waals surface area contributed by atoms with Gasteiger partial charge in [-0.3, -0.25) is 4.79 Å². The number of nitrogens with zero attached hydrogens (tertiary/aromatic N) is 1. The molecule has 4 heteroatoms. The van der Waals surface area contributed by atoms with Crippen LogP contribution in [0, 0.1) is 0 Å². The highest BCUT2D eigenvalue weighted by molar-refractivity contribution is 5.96. The number of carbonyl (C=O) groups is 1. The highest BCUT2D eigenvalue weighted by atomic mass is 16.5. The van der Waals surface area contributed by atoms with Crippen molar-refractivity contribution in [1.29, 1.82) is 0 Å². The van der Waals surface area contributed by atoms with Crippen LogP contribution in [0.25, 0.3) is 0 Å². The van der Waals surface area contributed by atoms with E-state index in [1.165, 1.54) is 16.7 Å². The Hall–Kier alpha value is -2.49. The van der Waals surface area contributed by atoms with Gasteiger partial charge in [0.15, 0.2) is 0 Å². The molecule has 0 fully saturated rings. The van der Waals surface area contributed by atoms with Crippen LogP contribution in [0.1, 0.15) is 36.5 Å². The molecule has 2 aromatic carbocycles. The number of benzene rings is 2. The fourth-order valence-electron chi connectivity index (χ4n) is 4.32. The van der Waals surface area contributed by atoms with Crippen molar-refractivity contribution in [3.8, 4) is 5.75 Å². The topological polar surface area (TPSA) is 41.6 Å². The maximum absolute atomic E-state index is 12.1. The Bertz CT molecular complexity index is 831. The Balaban J connectivity index is 1.51. The molecule has 0 saturated heterocycles. The van der Waals surface area contributed by atoms with Gasteiger partial charge in [0.1, 0.15) is 5.75 Å². The molecule has 1 aliphatic heterocycles. The van der Waals surface area contributed by atoms with Crippen LogP contribution >= 0.6 is 0 Å². The maximum Gasteiger partial charge on any atom is 0.227 e. The summed E-state index contributed by atoms with van der Waals surface area (Å²) in [7, 11) is 1.75. The van der Waals surface area contributed by atoms with Crippen molar-refractivity contribution in [2.45, 2.75) is 45.1 Å². The molecule has 4 rings (SSSR count). The third-order valence-corrected chi connectivity index (χ3v) is 5.63. The van der Waals surface area contributed by atoms with Crippen LogP contribution in [0.5, 0.6) is 5.75 Å². The lowest BCUT2D eigenvalue weighted by Gasteiger charge is -2.30. The summed E-state index contributed by atoms with van der Waals surface area (Å²) < 4.78 is 5.51. The van der Waals surface area contributed by atoms with Gasteiger partial charge in [-0.2, -0.15) is 0 Å². The van der Waals surface area contributed by atoms with Crippen LogP contribution in [0.3, 0.4) is 0 Å². The van der Waals surface area contributed by atoms with Crippen molar-refractivity contribution in [3.05, 3.63) is 53.1 Å². The van der Waals surface area contributed by atoms with Crippen LogP contribution in [-0.2, 0) is 24.1 Å². The molecule has 0 saturated carbocycles. The van der Waals surface area contributed by atoms with Crippen molar-refractivity contribution < 1.29 is 9.53 Å². The minimum Gasteiger partial charge on any atom is -0.496 e. The molecule has 1 heterocycles. The molecule has 2 aliphatic rings. The molecule has 1 atom stereocenters. The number of hydrogen-bond donors (Lipinski definition) is 1. The molecule has 0 radical (unpaired) electrons. The third-order valence-electron chi connectivity index (χ3n) is 5.63. The minimum atomic E-state index is 0.235. The van der Waals surface area contributed by atoms with Crippen molar-refractivity contribution in [2.24, 2.45) is 0 Å².